The van der Waals surface area contributed by atoms with Crippen molar-refractivity contribution in [2.75, 3.05) is 0 Å². The smallest absolute Gasteiger partial charge is 0.343 e. The Hall–Kier alpha value is -5.26. The lowest BCUT2D eigenvalue weighted by Gasteiger charge is -2.13. The number of Topliss-reactive ketones (excluding diaryl/α,β-unsaturated/α-hetero) is 2. The number of fused-ring (bicyclic) bond motifs is 2. The normalized spacial score (nSPS) is 14.7. The van der Waals surface area contributed by atoms with Gasteiger partial charge in [-0.15, -0.1) is 0 Å². The van der Waals surface area contributed by atoms with E-state index in [1.165, 1.54) is 50.7 Å². The van der Waals surface area contributed by atoms with Crippen molar-refractivity contribution in [2.24, 2.45) is 0 Å². The largest absolute Gasteiger partial charge is 0.478 e. The van der Waals surface area contributed by atoms with E-state index in [9.17, 15) is 44.4 Å². The number of ether oxygens (including phenoxy) is 3. The molecule has 0 aliphatic carbocycles. The highest BCUT2D eigenvalue weighted by molar-refractivity contribution is 8.25. The van der Waals surface area contributed by atoms with Gasteiger partial charge >= 0.3 is 23.9 Å². The van der Waals surface area contributed by atoms with Gasteiger partial charge in [-0.25, -0.2) is 14.4 Å². The fraction of sp³-hybridized carbons (Fsp3) is 0.118. The molecule has 2 heterocycles. The Bertz CT molecular complexity index is 2240. The average molecular weight is 745 g/mol. The van der Waals surface area contributed by atoms with E-state index in [1.807, 2.05) is 19.1 Å². The Morgan fingerprint density at radius 3 is 1.38 bits per heavy atom. The lowest BCUT2D eigenvalue weighted by atomic mass is 10.1. The summed E-state index contributed by atoms with van der Waals surface area (Å²) in [5, 5.41) is 28.8. The van der Waals surface area contributed by atoms with Gasteiger partial charge in [-0.3, -0.25) is 14.4 Å². The van der Waals surface area contributed by atoms with Gasteiger partial charge in [0.25, 0.3) is 0 Å². The number of hydrogen-bond donors (Lipinski definition) is 1. The summed E-state index contributed by atoms with van der Waals surface area (Å²) in [5.41, 5.74) is -0.390. The summed E-state index contributed by atoms with van der Waals surface area (Å²) < 4.78 is 17.3. The second-order valence-electron chi connectivity index (χ2n) is 10.3. The zero-order valence-corrected chi connectivity index (χ0v) is 29.5. The molecule has 12 nitrogen and oxygen atoms in total. The van der Waals surface area contributed by atoms with Crippen LogP contribution in [0, 0.1) is 29.6 Å². The molecule has 250 valence electrons. The van der Waals surface area contributed by atoms with Crippen molar-refractivity contribution in [1.82, 2.24) is 0 Å². The van der Waals surface area contributed by atoms with E-state index in [0.29, 0.717) is 18.9 Å². The molecule has 3 aromatic carbocycles. The number of allylic oxidation sites excluding steroid dienone is 2. The van der Waals surface area contributed by atoms with Crippen molar-refractivity contribution in [3.63, 3.8) is 0 Å². The SMILES string of the molecule is CC(=O)Oc1ccc(OC(=O)c2cc(C(=O)O)cc(C(=O)Oc3ccc(C)c4c3S/C(=C(\C#N)C(C)=O)S4)c2)c2c1S/C(=C(/C#N)C(C)=O)S2. The first-order valence-corrected chi connectivity index (χ1v) is 17.3. The molecule has 50 heavy (non-hydrogen) atoms. The van der Waals surface area contributed by atoms with Gasteiger partial charge in [0.2, 0.25) is 0 Å². The summed E-state index contributed by atoms with van der Waals surface area (Å²) in [6.45, 7) is 5.50. The molecule has 3 aromatic rings. The van der Waals surface area contributed by atoms with Crippen LogP contribution in [0.15, 0.2) is 81.7 Å². The summed E-state index contributed by atoms with van der Waals surface area (Å²) in [6, 6.07) is 12.8. The highest BCUT2D eigenvalue weighted by atomic mass is 32.2. The number of hydrogen-bond acceptors (Lipinski definition) is 15. The van der Waals surface area contributed by atoms with Crippen molar-refractivity contribution >= 4 is 82.5 Å². The van der Waals surface area contributed by atoms with Crippen molar-refractivity contribution in [3.05, 3.63) is 84.3 Å². The molecule has 0 amide bonds. The van der Waals surface area contributed by atoms with Gasteiger partial charge in [0, 0.05) is 11.8 Å². The van der Waals surface area contributed by atoms with E-state index < -0.39 is 41.0 Å². The molecule has 0 saturated heterocycles. The van der Waals surface area contributed by atoms with Crippen molar-refractivity contribution in [2.45, 2.75) is 47.3 Å². The number of carbonyl (C=O) groups is 6. The van der Waals surface area contributed by atoms with Gasteiger partial charge < -0.3 is 19.3 Å². The number of thioether (sulfide) groups is 4. The monoisotopic (exact) mass is 744 g/mol. The number of benzene rings is 3. The maximum absolute atomic E-state index is 13.5. The zero-order valence-electron chi connectivity index (χ0n) is 26.2. The molecule has 1 N–H and O–H groups in total. The predicted molar refractivity (Wildman–Crippen MR) is 182 cm³/mol. The Kier molecular flexibility index (Phi) is 10.6. The maximum Gasteiger partial charge on any atom is 0.343 e. The second kappa shape index (κ2) is 14.7. The molecule has 0 aromatic heterocycles. The highest BCUT2D eigenvalue weighted by Gasteiger charge is 2.32. The van der Waals surface area contributed by atoms with Crippen LogP contribution in [0.4, 0.5) is 0 Å². The number of carboxylic acids is 1. The summed E-state index contributed by atoms with van der Waals surface area (Å²) in [4.78, 5) is 76.5. The topological polar surface area (TPSA) is 198 Å². The van der Waals surface area contributed by atoms with Crippen molar-refractivity contribution in [3.8, 4) is 29.4 Å². The van der Waals surface area contributed by atoms with Gasteiger partial charge in [0.1, 0.15) is 40.5 Å². The van der Waals surface area contributed by atoms with Gasteiger partial charge in [-0.05, 0) is 62.7 Å². The molecule has 2 aliphatic rings. The summed E-state index contributed by atoms with van der Waals surface area (Å²) >= 11 is 4.23. The third-order valence-corrected chi connectivity index (χ3v) is 12.1. The first-order valence-electron chi connectivity index (χ1n) is 14.1. The quantitative estimate of drug-likeness (QED) is 0.106. The van der Waals surface area contributed by atoms with E-state index in [1.54, 1.807) is 6.07 Å². The van der Waals surface area contributed by atoms with E-state index in [0.717, 1.165) is 59.0 Å². The molecule has 0 spiro atoms. The fourth-order valence-electron chi connectivity index (χ4n) is 4.44. The molecule has 16 heteroatoms. The average Bonchev–Trinajstić information content (AvgIpc) is 3.70. The minimum atomic E-state index is -1.44. The van der Waals surface area contributed by atoms with Crippen LogP contribution in [-0.4, -0.2) is 40.6 Å². The minimum Gasteiger partial charge on any atom is -0.478 e. The van der Waals surface area contributed by atoms with E-state index >= 15 is 0 Å². The number of aromatic carboxylic acids is 1. The highest BCUT2D eigenvalue weighted by Crippen LogP contribution is 2.59. The minimum absolute atomic E-state index is 0.0366. The number of carboxylic acid groups (broad SMARTS) is 1. The number of rotatable bonds is 8. The van der Waals surface area contributed by atoms with E-state index in [2.05, 4.69) is 0 Å². The lowest BCUT2D eigenvalue weighted by Crippen LogP contribution is -2.15. The second-order valence-corrected chi connectivity index (χ2v) is 14.9. The van der Waals surface area contributed by atoms with Gasteiger partial charge in [-0.2, -0.15) is 10.5 Å². The Labute approximate surface area is 300 Å². The molecular formula is C34H20N2O10S4. The van der Waals surface area contributed by atoms with Crippen LogP contribution in [0.3, 0.4) is 0 Å². The van der Waals surface area contributed by atoms with Crippen LogP contribution < -0.4 is 14.2 Å². The number of nitriles is 2. The molecule has 0 bridgehead atoms. The van der Waals surface area contributed by atoms with Gasteiger partial charge in [0.05, 0.1) is 39.9 Å². The predicted octanol–water partition coefficient (Wildman–Crippen LogP) is 7.10. The number of ketones is 2. The van der Waals surface area contributed by atoms with E-state index in [-0.39, 0.29) is 48.7 Å². The first-order chi connectivity index (χ1) is 23.7. The molecule has 0 unspecified atom stereocenters. The van der Waals surface area contributed by atoms with Crippen molar-refractivity contribution < 1.29 is 48.1 Å². The lowest BCUT2D eigenvalue weighted by molar-refractivity contribution is -0.132. The van der Waals surface area contributed by atoms with Crippen LogP contribution in [0.2, 0.25) is 0 Å². The van der Waals surface area contributed by atoms with Crippen LogP contribution in [-0.2, 0) is 14.4 Å². The summed E-state index contributed by atoms with van der Waals surface area (Å²) in [5.74, 6) is -4.89. The Morgan fingerprint density at radius 1 is 0.600 bits per heavy atom. The Morgan fingerprint density at radius 2 is 0.980 bits per heavy atom. The maximum atomic E-state index is 13.5. The molecule has 0 atom stereocenters. The Balaban J connectivity index is 1.48. The first kappa shape index (κ1) is 36.0. The fourth-order valence-corrected chi connectivity index (χ4v) is 9.87. The number of carbonyl (C=O) groups excluding carboxylic acids is 5. The van der Waals surface area contributed by atoms with Gasteiger partial charge in [-0.1, -0.05) is 53.1 Å². The molecular weight excluding hydrogens is 725 g/mol. The number of nitrogens with zero attached hydrogens (tertiary/aromatic N) is 2. The van der Waals surface area contributed by atoms with Crippen LogP contribution in [0.5, 0.6) is 17.2 Å². The van der Waals surface area contributed by atoms with Crippen LogP contribution >= 0.6 is 47.0 Å². The van der Waals surface area contributed by atoms with E-state index in [4.69, 9.17) is 14.2 Å². The number of aryl methyl sites for hydroxylation is 1. The molecule has 5 rings (SSSR count). The van der Waals surface area contributed by atoms with Crippen molar-refractivity contribution in [1.29, 1.82) is 10.5 Å². The summed E-state index contributed by atoms with van der Waals surface area (Å²) in [6.07, 6.45) is 0. The molecule has 2 aliphatic heterocycles. The van der Waals surface area contributed by atoms with Gasteiger partial charge in [0.15, 0.2) is 11.6 Å². The summed E-state index contributed by atoms with van der Waals surface area (Å²) in [7, 11) is 0. The standard InChI is InChI=1S/C34H20N2O10S4/c1-14-5-6-24(27-26(14)47-33(48-27)21(12-35)15(2)37)45-31(42)19-9-18(30(40)41)10-20(11-19)32(43)46-25-8-7-23(44-17(4)39)28-29(25)50-34(49-28)22(13-36)16(3)38/h5-11H,1-4H3,(H,40,41)/b33-21+,34-22+. The molecule has 0 radical (unpaired) electrons. The zero-order chi connectivity index (χ0) is 36.4. The third kappa shape index (κ3) is 7.34. The molecule has 0 fully saturated rings. The number of esters is 3. The molecule has 0 saturated carbocycles. The van der Waals surface area contributed by atoms with Crippen LogP contribution in [0.25, 0.3) is 0 Å². The van der Waals surface area contributed by atoms with Crippen LogP contribution in [0.1, 0.15) is 57.4 Å². The third-order valence-electron chi connectivity index (χ3n) is 6.74.